The van der Waals surface area contributed by atoms with E-state index in [0.717, 1.165) is 31.2 Å². The average molecular weight is 288 g/mol. The van der Waals surface area contributed by atoms with E-state index in [4.69, 9.17) is 0 Å². The highest BCUT2D eigenvalue weighted by Gasteiger charge is 2.38. The first kappa shape index (κ1) is 14.0. The Hall–Kier alpha value is -1.91. The minimum Gasteiger partial charge on any atom is -0.336 e. The van der Waals surface area contributed by atoms with Gasteiger partial charge in [-0.2, -0.15) is 0 Å². The molecule has 2 fully saturated rings. The van der Waals surface area contributed by atoms with Gasteiger partial charge in [0.1, 0.15) is 0 Å². The van der Waals surface area contributed by atoms with E-state index >= 15 is 0 Å². The Labute approximate surface area is 124 Å². The molecule has 1 amide bonds. The summed E-state index contributed by atoms with van der Waals surface area (Å²) in [5, 5.41) is 10.6. The van der Waals surface area contributed by atoms with Gasteiger partial charge in [0, 0.05) is 24.2 Å². The SMILES string of the molecule is O=C(Cc1ccc([N+](=O)[O-])cc1)N(C1CCCC1)C1CC1. The standard InChI is InChI=1S/C16H20N2O3/c19-16(11-12-5-7-15(8-6-12)18(20)21)17(14-9-10-14)13-3-1-2-4-13/h5-8,13-14H,1-4,9-11H2. The van der Waals surface area contributed by atoms with Crippen molar-refractivity contribution in [1.82, 2.24) is 4.90 Å². The summed E-state index contributed by atoms with van der Waals surface area (Å²) < 4.78 is 0. The molecule has 21 heavy (non-hydrogen) atoms. The largest absolute Gasteiger partial charge is 0.336 e. The summed E-state index contributed by atoms with van der Waals surface area (Å²) in [4.78, 5) is 24.9. The number of rotatable bonds is 5. The van der Waals surface area contributed by atoms with Crippen molar-refractivity contribution in [2.24, 2.45) is 0 Å². The highest BCUT2D eigenvalue weighted by molar-refractivity contribution is 5.80. The third-order valence-corrected chi connectivity index (χ3v) is 4.45. The zero-order valence-corrected chi connectivity index (χ0v) is 12.0. The number of non-ortho nitro benzene ring substituents is 1. The first-order valence-corrected chi connectivity index (χ1v) is 7.69. The predicted octanol–water partition coefficient (Wildman–Crippen LogP) is 3.07. The van der Waals surface area contributed by atoms with Crippen molar-refractivity contribution in [3.63, 3.8) is 0 Å². The lowest BCUT2D eigenvalue weighted by molar-refractivity contribution is -0.384. The number of nitro benzene ring substituents is 1. The van der Waals surface area contributed by atoms with Crippen LogP contribution in [-0.2, 0) is 11.2 Å². The Bertz CT molecular complexity index is 531. The van der Waals surface area contributed by atoms with E-state index in [-0.39, 0.29) is 11.6 Å². The van der Waals surface area contributed by atoms with E-state index in [9.17, 15) is 14.9 Å². The molecule has 5 nitrogen and oxygen atoms in total. The molecule has 0 N–H and O–H groups in total. The summed E-state index contributed by atoms with van der Waals surface area (Å²) in [5.41, 5.74) is 0.926. The van der Waals surface area contributed by atoms with E-state index in [2.05, 4.69) is 4.90 Å². The second-order valence-corrected chi connectivity index (χ2v) is 6.07. The number of hydrogen-bond donors (Lipinski definition) is 0. The van der Waals surface area contributed by atoms with Gasteiger partial charge >= 0.3 is 0 Å². The highest BCUT2D eigenvalue weighted by Crippen LogP contribution is 2.34. The van der Waals surface area contributed by atoms with E-state index in [1.54, 1.807) is 12.1 Å². The van der Waals surface area contributed by atoms with Crippen LogP contribution in [0.5, 0.6) is 0 Å². The van der Waals surface area contributed by atoms with Crippen LogP contribution in [0.3, 0.4) is 0 Å². The molecule has 0 aliphatic heterocycles. The van der Waals surface area contributed by atoms with Crippen LogP contribution in [0, 0.1) is 10.1 Å². The lowest BCUT2D eigenvalue weighted by atomic mass is 10.1. The Kier molecular flexibility index (Phi) is 3.90. The van der Waals surface area contributed by atoms with Crippen molar-refractivity contribution in [3.05, 3.63) is 39.9 Å². The second kappa shape index (κ2) is 5.84. The van der Waals surface area contributed by atoms with Crippen LogP contribution >= 0.6 is 0 Å². The van der Waals surface area contributed by atoms with Crippen molar-refractivity contribution in [1.29, 1.82) is 0 Å². The molecule has 5 heteroatoms. The molecule has 0 saturated heterocycles. The lowest BCUT2D eigenvalue weighted by Crippen LogP contribution is -2.41. The molecule has 2 saturated carbocycles. The molecule has 0 heterocycles. The molecular formula is C16H20N2O3. The molecule has 2 aliphatic carbocycles. The van der Waals surface area contributed by atoms with Gasteiger partial charge < -0.3 is 4.90 Å². The Balaban J connectivity index is 1.67. The van der Waals surface area contributed by atoms with Gasteiger partial charge in [-0.1, -0.05) is 25.0 Å². The predicted molar refractivity (Wildman–Crippen MR) is 78.9 cm³/mol. The maximum atomic E-state index is 12.6. The second-order valence-electron chi connectivity index (χ2n) is 6.07. The van der Waals surface area contributed by atoms with Gasteiger partial charge in [-0.05, 0) is 31.2 Å². The third-order valence-electron chi connectivity index (χ3n) is 4.45. The smallest absolute Gasteiger partial charge is 0.269 e. The fraction of sp³-hybridized carbons (Fsp3) is 0.562. The van der Waals surface area contributed by atoms with E-state index < -0.39 is 4.92 Å². The number of benzene rings is 1. The van der Waals surface area contributed by atoms with Crippen LogP contribution in [0.25, 0.3) is 0 Å². The van der Waals surface area contributed by atoms with Crippen LogP contribution in [0.15, 0.2) is 24.3 Å². The quantitative estimate of drug-likeness (QED) is 0.618. The maximum absolute atomic E-state index is 12.6. The van der Waals surface area contributed by atoms with Crippen LogP contribution < -0.4 is 0 Å². The Morgan fingerprint density at radius 3 is 2.19 bits per heavy atom. The van der Waals surface area contributed by atoms with Gasteiger partial charge in [-0.25, -0.2) is 0 Å². The van der Waals surface area contributed by atoms with Crippen LogP contribution in [0.1, 0.15) is 44.1 Å². The van der Waals surface area contributed by atoms with Crippen LogP contribution in [-0.4, -0.2) is 27.8 Å². The summed E-state index contributed by atoms with van der Waals surface area (Å²) in [6.45, 7) is 0. The van der Waals surface area contributed by atoms with Gasteiger partial charge in [0.2, 0.25) is 5.91 Å². The molecule has 0 spiro atoms. The summed E-state index contributed by atoms with van der Waals surface area (Å²) >= 11 is 0. The summed E-state index contributed by atoms with van der Waals surface area (Å²) in [5.74, 6) is 0.179. The van der Waals surface area contributed by atoms with Crippen molar-refractivity contribution in [2.45, 2.75) is 57.0 Å². The average Bonchev–Trinajstić information content (AvgIpc) is 3.14. The first-order valence-electron chi connectivity index (χ1n) is 7.69. The first-order chi connectivity index (χ1) is 10.1. The fourth-order valence-corrected chi connectivity index (χ4v) is 3.24. The third kappa shape index (κ3) is 3.23. The molecule has 1 aromatic carbocycles. The molecule has 112 valence electrons. The van der Waals surface area contributed by atoms with Gasteiger partial charge in [0.25, 0.3) is 5.69 Å². The number of carbonyl (C=O) groups excluding carboxylic acids is 1. The summed E-state index contributed by atoms with van der Waals surface area (Å²) in [6, 6.07) is 7.19. The van der Waals surface area contributed by atoms with Gasteiger partial charge in [0.05, 0.1) is 11.3 Å². The van der Waals surface area contributed by atoms with Gasteiger partial charge in [0.15, 0.2) is 0 Å². The lowest BCUT2D eigenvalue weighted by Gasteiger charge is -2.29. The molecule has 0 atom stereocenters. The number of amides is 1. The van der Waals surface area contributed by atoms with E-state index in [1.807, 2.05) is 0 Å². The van der Waals surface area contributed by atoms with Crippen molar-refractivity contribution >= 4 is 11.6 Å². The highest BCUT2D eigenvalue weighted by atomic mass is 16.6. The summed E-state index contributed by atoms with van der Waals surface area (Å²) in [6.07, 6.45) is 7.30. The molecule has 2 aliphatic rings. The molecule has 0 bridgehead atoms. The van der Waals surface area contributed by atoms with E-state index in [1.165, 1.54) is 25.0 Å². The molecule has 3 rings (SSSR count). The number of carbonyl (C=O) groups is 1. The Morgan fingerprint density at radius 1 is 1.10 bits per heavy atom. The fourth-order valence-electron chi connectivity index (χ4n) is 3.24. The minimum absolute atomic E-state index is 0.0704. The molecule has 0 aromatic heterocycles. The normalized spacial score (nSPS) is 18.7. The van der Waals surface area contributed by atoms with Crippen LogP contribution in [0.2, 0.25) is 0 Å². The Morgan fingerprint density at radius 2 is 1.67 bits per heavy atom. The number of nitro groups is 1. The van der Waals surface area contributed by atoms with Crippen molar-refractivity contribution in [3.8, 4) is 0 Å². The zero-order chi connectivity index (χ0) is 14.8. The monoisotopic (exact) mass is 288 g/mol. The van der Waals surface area contributed by atoms with Gasteiger partial charge in [-0.3, -0.25) is 14.9 Å². The number of hydrogen-bond acceptors (Lipinski definition) is 3. The van der Waals surface area contributed by atoms with Gasteiger partial charge in [-0.15, -0.1) is 0 Å². The van der Waals surface area contributed by atoms with E-state index in [0.29, 0.717) is 18.5 Å². The minimum atomic E-state index is -0.416. The van der Waals surface area contributed by atoms with Crippen molar-refractivity contribution in [2.75, 3.05) is 0 Å². The maximum Gasteiger partial charge on any atom is 0.269 e. The number of nitrogens with zero attached hydrogens (tertiary/aromatic N) is 2. The zero-order valence-electron chi connectivity index (χ0n) is 12.0. The molecule has 0 radical (unpaired) electrons. The molecular weight excluding hydrogens is 268 g/mol. The van der Waals surface area contributed by atoms with Crippen LogP contribution in [0.4, 0.5) is 5.69 Å². The molecule has 0 unspecified atom stereocenters. The summed E-state index contributed by atoms with van der Waals surface area (Å²) in [7, 11) is 0. The van der Waals surface area contributed by atoms with Crippen molar-refractivity contribution < 1.29 is 9.72 Å². The topological polar surface area (TPSA) is 63.4 Å². The molecule has 1 aromatic rings.